The molecule has 1 aromatic rings. The molecular weight excluding hydrogens is 298 g/mol. The van der Waals surface area contributed by atoms with Gasteiger partial charge in [0.25, 0.3) is 5.91 Å². The zero-order valence-corrected chi connectivity index (χ0v) is 13.1. The van der Waals surface area contributed by atoms with Gasteiger partial charge >= 0.3 is 0 Å². The molecule has 124 valence electrons. The van der Waals surface area contributed by atoms with Crippen molar-refractivity contribution in [2.24, 2.45) is 0 Å². The number of ether oxygens (including phenoxy) is 1. The lowest BCUT2D eigenvalue weighted by Gasteiger charge is -2.10. The van der Waals surface area contributed by atoms with Crippen LogP contribution in [0.4, 0.5) is 0 Å². The number of carbonyl (C=O) groups excluding carboxylic acids is 3. The number of nitrogens with one attached hydrogen (secondary N) is 3. The van der Waals surface area contributed by atoms with Gasteiger partial charge in [0.2, 0.25) is 11.8 Å². The van der Waals surface area contributed by atoms with Crippen molar-refractivity contribution in [1.29, 1.82) is 0 Å². The average molecular weight is 319 g/mol. The molecule has 0 aromatic heterocycles. The molecule has 1 aliphatic rings. The van der Waals surface area contributed by atoms with Crippen molar-refractivity contribution in [2.45, 2.75) is 25.8 Å². The summed E-state index contributed by atoms with van der Waals surface area (Å²) in [6.45, 7) is 1.99. The minimum absolute atomic E-state index is 0.0826. The van der Waals surface area contributed by atoms with Crippen LogP contribution >= 0.6 is 0 Å². The number of rotatable bonds is 8. The maximum atomic E-state index is 12.1. The van der Waals surface area contributed by atoms with Crippen molar-refractivity contribution in [2.75, 3.05) is 19.7 Å². The largest absolute Gasteiger partial charge is 0.493 e. The Balaban J connectivity index is 1.74. The second kappa shape index (κ2) is 8.17. The van der Waals surface area contributed by atoms with E-state index >= 15 is 0 Å². The molecule has 7 nitrogen and oxygen atoms in total. The smallest absolute Gasteiger partial charge is 0.255 e. The standard InChI is InChI=1S/C16H21N3O4/c1-2-23-13-6-4-3-5-12(13)16(22)18-9-14(20)17-10-15(21)19-11-7-8-11/h3-6,11H,2,7-10H2,1H3,(H,17,20)(H,18,22)(H,19,21). The first kappa shape index (κ1) is 16.8. The number of benzene rings is 1. The van der Waals surface area contributed by atoms with Crippen molar-refractivity contribution in [3.05, 3.63) is 29.8 Å². The highest BCUT2D eigenvalue weighted by Gasteiger charge is 2.23. The van der Waals surface area contributed by atoms with Gasteiger partial charge in [-0.05, 0) is 31.9 Å². The summed E-state index contributed by atoms with van der Waals surface area (Å²) in [5.74, 6) is -0.560. The fourth-order valence-electron chi connectivity index (χ4n) is 1.94. The maximum Gasteiger partial charge on any atom is 0.255 e. The van der Waals surface area contributed by atoms with Crippen LogP contribution in [0.1, 0.15) is 30.1 Å². The topological polar surface area (TPSA) is 96.5 Å². The molecule has 23 heavy (non-hydrogen) atoms. The summed E-state index contributed by atoms with van der Waals surface area (Å²) in [4.78, 5) is 35.2. The number of amides is 3. The molecule has 0 heterocycles. The molecule has 1 saturated carbocycles. The molecule has 0 aliphatic heterocycles. The van der Waals surface area contributed by atoms with E-state index in [1.54, 1.807) is 24.3 Å². The number of hydrogen-bond donors (Lipinski definition) is 3. The molecule has 3 amide bonds. The predicted molar refractivity (Wildman–Crippen MR) is 84.1 cm³/mol. The van der Waals surface area contributed by atoms with Gasteiger partial charge in [0.15, 0.2) is 0 Å². The summed E-state index contributed by atoms with van der Waals surface area (Å²) in [6.07, 6.45) is 1.99. The van der Waals surface area contributed by atoms with Crippen molar-refractivity contribution in [1.82, 2.24) is 16.0 Å². The highest BCUT2D eigenvalue weighted by molar-refractivity contribution is 5.99. The lowest BCUT2D eigenvalue weighted by Crippen LogP contribution is -2.42. The molecule has 0 unspecified atom stereocenters. The fourth-order valence-corrected chi connectivity index (χ4v) is 1.94. The Labute approximate surface area is 134 Å². The quantitative estimate of drug-likeness (QED) is 0.638. The Morgan fingerprint density at radius 1 is 1.09 bits per heavy atom. The van der Waals surface area contributed by atoms with Gasteiger partial charge < -0.3 is 20.7 Å². The monoisotopic (exact) mass is 319 g/mol. The van der Waals surface area contributed by atoms with E-state index in [2.05, 4.69) is 16.0 Å². The summed E-state index contributed by atoms with van der Waals surface area (Å²) in [6, 6.07) is 7.07. The van der Waals surface area contributed by atoms with Crippen LogP contribution in [0.2, 0.25) is 0 Å². The zero-order valence-electron chi connectivity index (χ0n) is 13.1. The van der Waals surface area contributed by atoms with Gasteiger partial charge in [-0.1, -0.05) is 12.1 Å². The third-order valence-electron chi connectivity index (χ3n) is 3.23. The van der Waals surface area contributed by atoms with Gasteiger partial charge in [-0.25, -0.2) is 0 Å². The summed E-state index contributed by atoms with van der Waals surface area (Å²) in [5, 5.41) is 7.74. The highest BCUT2D eigenvalue weighted by Crippen LogP contribution is 2.18. The van der Waals surface area contributed by atoms with Gasteiger partial charge in [0.05, 0.1) is 25.3 Å². The molecule has 2 rings (SSSR count). The molecule has 7 heteroatoms. The molecule has 1 aromatic carbocycles. The van der Waals surface area contributed by atoms with E-state index in [-0.39, 0.29) is 25.0 Å². The van der Waals surface area contributed by atoms with Crippen LogP contribution < -0.4 is 20.7 Å². The average Bonchev–Trinajstić information content (AvgIpc) is 3.35. The van der Waals surface area contributed by atoms with Gasteiger partial charge in [-0.15, -0.1) is 0 Å². The molecule has 3 N–H and O–H groups in total. The first-order chi connectivity index (χ1) is 11.1. The maximum absolute atomic E-state index is 12.1. The third-order valence-corrected chi connectivity index (χ3v) is 3.23. The first-order valence-electron chi connectivity index (χ1n) is 7.66. The third kappa shape index (κ3) is 5.61. The van der Waals surface area contributed by atoms with Crippen LogP contribution in [0.15, 0.2) is 24.3 Å². The Kier molecular flexibility index (Phi) is 5.96. The van der Waals surface area contributed by atoms with Crippen molar-refractivity contribution >= 4 is 17.7 Å². The van der Waals surface area contributed by atoms with Crippen LogP contribution in [-0.2, 0) is 9.59 Å². The number of para-hydroxylation sites is 1. The Hall–Kier alpha value is -2.57. The molecule has 1 aliphatic carbocycles. The van der Waals surface area contributed by atoms with Crippen molar-refractivity contribution in [3.63, 3.8) is 0 Å². The van der Waals surface area contributed by atoms with E-state index in [1.165, 1.54) is 0 Å². The predicted octanol–water partition coefficient (Wildman–Crippen LogP) is 0.210. The molecule has 0 radical (unpaired) electrons. The highest BCUT2D eigenvalue weighted by atomic mass is 16.5. The number of carbonyl (C=O) groups is 3. The molecule has 1 fully saturated rings. The molecule has 0 saturated heterocycles. The number of hydrogen-bond acceptors (Lipinski definition) is 4. The summed E-state index contributed by atoms with van der Waals surface area (Å²) in [5.41, 5.74) is 0.369. The Bertz CT molecular complexity index is 584. The van der Waals surface area contributed by atoms with Crippen molar-refractivity contribution in [3.8, 4) is 5.75 Å². The minimum Gasteiger partial charge on any atom is -0.493 e. The van der Waals surface area contributed by atoms with E-state index in [0.29, 0.717) is 17.9 Å². The van der Waals surface area contributed by atoms with Gasteiger partial charge in [0.1, 0.15) is 5.75 Å². The van der Waals surface area contributed by atoms with E-state index in [4.69, 9.17) is 4.74 Å². The summed E-state index contributed by atoms with van der Waals surface area (Å²) >= 11 is 0. The normalized spacial score (nSPS) is 13.1. The van der Waals surface area contributed by atoms with E-state index in [1.807, 2.05) is 6.92 Å². The van der Waals surface area contributed by atoms with Gasteiger partial charge in [-0.2, -0.15) is 0 Å². The Morgan fingerprint density at radius 2 is 1.78 bits per heavy atom. The zero-order chi connectivity index (χ0) is 16.7. The summed E-state index contributed by atoms with van der Waals surface area (Å²) in [7, 11) is 0. The fraction of sp³-hybridized carbons (Fsp3) is 0.438. The van der Waals surface area contributed by atoms with Crippen LogP contribution in [-0.4, -0.2) is 43.5 Å². The second-order valence-electron chi connectivity index (χ2n) is 5.23. The van der Waals surface area contributed by atoms with Crippen LogP contribution in [0, 0.1) is 0 Å². The van der Waals surface area contributed by atoms with Crippen LogP contribution in [0.3, 0.4) is 0 Å². The molecule has 0 bridgehead atoms. The SMILES string of the molecule is CCOc1ccccc1C(=O)NCC(=O)NCC(=O)NC1CC1. The Morgan fingerprint density at radius 3 is 2.48 bits per heavy atom. The van der Waals surface area contributed by atoms with E-state index < -0.39 is 11.8 Å². The minimum atomic E-state index is -0.418. The van der Waals surface area contributed by atoms with Gasteiger partial charge in [-0.3, -0.25) is 14.4 Å². The first-order valence-corrected chi connectivity index (χ1v) is 7.66. The lowest BCUT2D eigenvalue weighted by atomic mass is 10.2. The molecule has 0 atom stereocenters. The molecular formula is C16H21N3O4. The second-order valence-corrected chi connectivity index (χ2v) is 5.23. The van der Waals surface area contributed by atoms with Crippen molar-refractivity contribution < 1.29 is 19.1 Å². The van der Waals surface area contributed by atoms with Crippen LogP contribution in [0.5, 0.6) is 5.75 Å². The lowest BCUT2D eigenvalue weighted by molar-refractivity contribution is -0.125. The molecule has 0 spiro atoms. The van der Waals surface area contributed by atoms with E-state index in [0.717, 1.165) is 12.8 Å². The summed E-state index contributed by atoms with van der Waals surface area (Å²) < 4.78 is 5.37. The van der Waals surface area contributed by atoms with Crippen LogP contribution in [0.25, 0.3) is 0 Å². The van der Waals surface area contributed by atoms with E-state index in [9.17, 15) is 14.4 Å². The van der Waals surface area contributed by atoms with Gasteiger partial charge in [0, 0.05) is 6.04 Å².